The van der Waals surface area contributed by atoms with Crippen molar-refractivity contribution in [3.63, 3.8) is 0 Å². The van der Waals surface area contributed by atoms with Crippen LogP contribution in [0, 0.1) is 13.8 Å². The van der Waals surface area contributed by atoms with Crippen LogP contribution in [0.25, 0.3) is 6.08 Å². The minimum Gasteiger partial charge on any atom is -0.494 e. The second-order valence-corrected chi connectivity index (χ2v) is 7.84. The van der Waals surface area contributed by atoms with Crippen molar-refractivity contribution in [3.05, 3.63) is 52.2 Å². The molecule has 2 aromatic rings. The van der Waals surface area contributed by atoms with E-state index in [9.17, 15) is 14.4 Å². The molecule has 1 fully saturated rings. The number of anilines is 1. The predicted octanol–water partition coefficient (Wildman–Crippen LogP) is 4.20. The van der Waals surface area contributed by atoms with Crippen molar-refractivity contribution >= 4 is 40.6 Å². The lowest BCUT2D eigenvalue weighted by atomic mass is 10.2. The second-order valence-electron chi connectivity index (χ2n) is 6.84. The van der Waals surface area contributed by atoms with E-state index in [0.717, 1.165) is 40.2 Å². The highest BCUT2D eigenvalue weighted by Crippen LogP contribution is 2.33. The van der Waals surface area contributed by atoms with Crippen molar-refractivity contribution in [1.82, 2.24) is 9.47 Å². The lowest BCUT2D eigenvalue weighted by Crippen LogP contribution is -2.36. The highest BCUT2D eigenvalue weighted by Gasteiger charge is 2.36. The van der Waals surface area contributed by atoms with Gasteiger partial charge in [0, 0.05) is 23.6 Å². The third-order valence-electron chi connectivity index (χ3n) is 4.84. The number of thioether (sulfide) groups is 1. The molecule has 1 aromatic heterocycles. The quantitative estimate of drug-likeness (QED) is 0.670. The first-order valence-corrected chi connectivity index (χ1v) is 10.6. The Labute approximate surface area is 180 Å². The van der Waals surface area contributed by atoms with E-state index in [1.165, 1.54) is 0 Å². The number of nitrogens with one attached hydrogen (secondary N) is 1. The van der Waals surface area contributed by atoms with Crippen molar-refractivity contribution in [1.29, 1.82) is 0 Å². The summed E-state index contributed by atoms with van der Waals surface area (Å²) in [5.74, 6) is -0.186. The lowest BCUT2D eigenvalue weighted by Gasteiger charge is -2.12. The Morgan fingerprint density at radius 2 is 1.87 bits per heavy atom. The number of aromatic nitrogens is 1. The largest absolute Gasteiger partial charge is 0.494 e. The highest BCUT2D eigenvalue weighted by molar-refractivity contribution is 8.18. The summed E-state index contributed by atoms with van der Waals surface area (Å²) in [6.45, 7) is 8.99. The normalized spacial score (nSPS) is 15.2. The molecule has 0 saturated carbocycles. The zero-order chi connectivity index (χ0) is 21.8. The molecule has 0 bridgehead atoms. The number of carbonyl (C=O) groups is 3. The highest BCUT2D eigenvalue weighted by atomic mass is 32.2. The van der Waals surface area contributed by atoms with Gasteiger partial charge in [-0.2, -0.15) is 0 Å². The number of benzene rings is 1. The molecule has 0 radical (unpaired) electrons. The van der Waals surface area contributed by atoms with Gasteiger partial charge in [0.15, 0.2) is 0 Å². The molecule has 1 aliphatic rings. The van der Waals surface area contributed by atoms with Crippen molar-refractivity contribution in [2.24, 2.45) is 0 Å². The van der Waals surface area contributed by atoms with E-state index in [0.29, 0.717) is 22.9 Å². The average molecular weight is 428 g/mol. The number of ether oxygens (including phenoxy) is 1. The van der Waals surface area contributed by atoms with Gasteiger partial charge in [0.25, 0.3) is 11.1 Å². The van der Waals surface area contributed by atoms with E-state index in [1.54, 1.807) is 30.3 Å². The topological polar surface area (TPSA) is 80.6 Å². The first-order valence-electron chi connectivity index (χ1n) is 9.78. The molecular formula is C22H25N3O4S. The summed E-state index contributed by atoms with van der Waals surface area (Å²) >= 11 is 0.857. The van der Waals surface area contributed by atoms with E-state index in [4.69, 9.17) is 4.74 Å². The Morgan fingerprint density at radius 1 is 1.17 bits per heavy atom. The van der Waals surface area contributed by atoms with Crippen molar-refractivity contribution in [3.8, 4) is 5.75 Å². The van der Waals surface area contributed by atoms with Crippen LogP contribution in [-0.2, 0) is 16.1 Å². The van der Waals surface area contributed by atoms with E-state index in [2.05, 4.69) is 16.8 Å². The summed E-state index contributed by atoms with van der Waals surface area (Å²) in [6.07, 6.45) is 1.73. The van der Waals surface area contributed by atoms with Crippen LogP contribution in [-0.4, -0.2) is 39.7 Å². The number of hydrogen-bond acceptors (Lipinski definition) is 5. The van der Waals surface area contributed by atoms with Gasteiger partial charge in [-0.1, -0.05) is 0 Å². The smallest absolute Gasteiger partial charge is 0.294 e. The second kappa shape index (κ2) is 9.21. The first-order chi connectivity index (χ1) is 14.3. The molecule has 3 rings (SSSR count). The molecule has 1 aliphatic heterocycles. The average Bonchev–Trinajstić information content (AvgIpc) is 3.13. The minimum atomic E-state index is -0.451. The maximum absolute atomic E-state index is 12.7. The monoisotopic (exact) mass is 427 g/mol. The van der Waals surface area contributed by atoms with Crippen molar-refractivity contribution in [2.45, 2.75) is 34.2 Å². The van der Waals surface area contributed by atoms with Gasteiger partial charge in [-0.15, -0.1) is 0 Å². The summed E-state index contributed by atoms with van der Waals surface area (Å²) in [7, 11) is 0. The number of carbonyl (C=O) groups excluding carboxylic acids is 3. The van der Waals surface area contributed by atoms with E-state index >= 15 is 0 Å². The fraction of sp³-hybridized carbons (Fsp3) is 0.318. The van der Waals surface area contributed by atoms with Crippen LogP contribution in [0.5, 0.6) is 5.75 Å². The maximum Gasteiger partial charge on any atom is 0.294 e. The molecule has 0 spiro atoms. The molecule has 3 amide bonds. The van der Waals surface area contributed by atoms with Gasteiger partial charge in [-0.05, 0) is 81.4 Å². The van der Waals surface area contributed by atoms with Crippen LogP contribution < -0.4 is 10.1 Å². The predicted molar refractivity (Wildman–Crippen MR) is 118 cm³/mol. The molecule has 1 aromatic carbocycles. The Kier molecular flexibility index (Phi) is 6.66. The van der Waals surface area contributed by atoms with Crippen LogP contribution in [0.15, 0.2) is 35.2 Å². The standard InChI is InChI=1S/C22H25N3O4S/c1-5-24-14(3)11-16(15(24)4)12-19-21(27)25(22(28)30-19)13-20(26)23-17-7-9-18(10-8-17)29-6-2/h7-12H,5-6,13H2,1-4H3,(H,23,26). The molecule has 0 atom stereocenters. The number of aryl methyl sites for hydroxylation is 1. The SMILES string of the molecule is CCOc1ccc(NC(=O)CN2C(=O)SC(=Cc3cc(C)n(CC)c3C)C2=O)cc1. The molecule has 30 heavy (non-hydrogen) atoms. The zero-order valence-electron chi connectivity index (χ0n) is 17.5. The minimum absolute atomic E-state index is 0.324. The lowest BCUT2D eigenvalue weighted by molar-refractivity contribution is -0.127. The molecule has 0 aliphatic carbocycles. The third-order valence-corrected chi connectivity index (χ3v) is 5.75. The Bertz CT molecular complexity index is 1010. The van der Waals surface area contributed by atoms with Crippen LogP contribution in [0.2, 0.25) is 0 Å². The van der Waals surface area contributed by atoms with Gasteiger partial charge >= 0.3 is 0 Å². The molecule has 158 valence electrons. The van der Waals surface area contributed by atoms with Gasteiger partial charge in [0.2, 0.25) is 5.91 Å². The maximum atomic E-state index is 12.7. The summed E-state index contributed by atoms with van der Waals surface area (Å²) in [5.41, 5.74) is 3.60. The first kappa shape index (κ1) is 21.7. The number of imide groups is 1. The summed E-state index contributed by atoms with van der Waals surface area (Å²) in [6, 6.07) is 8.90. The zero-order valence-corrected chi connectivity index (χ0v) is 18.3. The molecule has 1 saturated heterocycles. The Morgan fingerprint density at radius 3 is 2.47 bits per heavy atom. The van der Waals surface area contributed by atoms with Crippen LogP contribution in [0.3, 0.4) is 0 Å². The summed E-state index contributed by atoms with van der Waals surface area (Å²) < 4.78 is 7.51. The van der Waals surface area contributed by atoms with Gasteiger partial charge in [-0.25, -0.2) is 0 Å². The van der Waals surface area contributed by atoms with Gasteiger partial charge in [0.05, 0.1) is 11.5 Å². The molecule has 2 heterocycles. The number of rotatable bonds is 7. The third kappa shape index (κ3) is 4.59. The number of nitrogens with zero attached hydrogens (tertiary/aromatic N) is 2. The summed E-state index contributed by atoms with van der Waals surface area (Å²) in [5, 5.41) is 2.25. The molecule has 0 unspecified atom stereocenters. The van der Waals surface area contributed by atoms with E-state index in [-0.39, 0.29) is 6.54 Å². The molecule has 8 heteroatoms. The van der Waals surface area contributed by atoms with Crippen molar-refractivity contribution < 1.29 is 19.1 Å². The number of amides is 3. The Balaban J connectivity index is 1.68. The fourth-order valence-electron chi connectivity index (χ4n) is 3.38. The Hall–Kier alpha value is -3.00. The molecular weight excluding hydrogens is 402 g/mol. The van der Waals surface area contributed by atoms with Crippen molar-refractivity contribution in [2.75, 3.05) is 18.5 Å². The van der Waals surface area contributed by atoms with E-state index < -0.39 is 17.1 Å². The van der Waals surface area contributed by atoms with Gasteiger partial charge in [-0.3, -0.25) is 19.3 Å². The number of hydrogen-bond donors (Lipinski definition) is 1. The van der Waals surface area contributed by atoms with Gasteiger partial charge in [0.1, 0.15) is 12.3 Å². The van der Waals surface area contributed by atoms with E-state index in [1.807, 2.05) is 26.8 Å². The fourth-order valence-corrected chi connectivity index (χ4v) is 4.21. The van der Waals surface area contributed by atoms with Crippen LogP contribution >= 0.6 is 11.8 Å². The molecule has 7 nitrogen and oxygen atoms in total. The summed E-state index contributed by atoms with van der Waals surface area (Å²) in [4.78, 5) is 38.7. The van der Waals surface area contributed by atoms with Gasteiger partial charge < -0.3 is 14.6 Å². The van der Waals surface area contributed by atoms with Crippen LogP contribution in [0.4, 0.5) is 10.5 Å². The molecule has 1 N–H and O–H groups in total. The van der Waals surface area contributed by atoms with Crippen LogP contribution in [0.1, 0.15) is 30.8 Å².